The maximum absolute atomic E-state index is 12.6. The monoisotopic (exact) mass is 283 g/mol. The van der Waals surface area contributed by atoms with Crippen molar-refractivity contribution in [3.8, 4) is 0 Å². The van der Waals surface area contributed by atoms with Gasteiger partial charge in [-0.05, 0) is 42.5 Å². The van der Waals surface area contributed by atoms with E-state index in [9.17, 15) is 14.4 Å². The van der Waals surface area contributed by atoms with Gasteiger partial charge in [0, 0.05) is 0 Å². The second kappa shape index (κ2) is 4.04. The number of carboxylic acids is 1. The summed E-state index contributed by atoms with van der Waals surface area (Å²) in [5, 5.41) is 8.90. The number of hydrogen-bond donors (Lipinski definition) is 1. The van der Waals surface area contributed by atoms with Crippen LogP contribution in [0.3, 0.4) is 0 Å². The molecule has 1 saturated heterocycles. The maximum Gasteiger partial charge on any atom is 0.335 e. The lowest BCUT2D eigenvalue weighted by Crippen LogP contribution is -2.32. The highest BCUT2D eigenvalue weighted by Gasteiger charge is 2.59. The highest BCUT2D eigenvalue weighted by atomic mass is 16.4. The molecule has 5 heteroatoms. The third kappa shape index (κ3) is 1.54. The molecule has 1 aliphatic heterocycles. The summed E-state index contributed by atoms with van der Waals surface area (Å²) in [6.45, 7) is 0. The smallest absolute Gasteiger partial charge is 0.335 e. The molecule has 1 aromatic rings. The van der Waals surface area contributed by atoms with E-state index >= 15 is 0 Å². The van der Waals surface area contributed by atoms with Crippen LogP contribution in [0.1, 0.15) is 16.8 Å². The molecule has 2 fully saturated rings. The Morgan fingerprint density at radius 2 is 1.52 bits per heavy atom. The van der Waals surface area contributed by atoms with Gasteiger partial charge in [-0.3, -0.25) is 14.5 Å². The normalized spacial score (nSPS) is 32.9. The van der Waals surface area contributed by atoms with Gasteiger partial charge in [0.05, 0.1) is 23.1 Å². The molecule has 0 aromatic heterocycles. The molecule has 21 heavy (non-hydrogen) atoms. The van der Waals surface area contributed by atoms with Crippen LogP contribution in [0.25, 0.3) is 0 Å². The first-order chi connectivity index (χ1) is 10.1. The van der Waals surface area contributed by atoms with Crippen molar-refractivity contribution in [1.82, 2.24) is 0 Å². The highest BCUT2D eigenvalue weighted by Crippen LogP contribution is 2.53. The van der Waals surface area contributed by atoms with Crippen molar-refractivity contribution in [3.05, 3.63) is 42.0 Å². The van der Waals surface area contributed by atoms with E-state index in [1.54, 1.807) is 0 Å². The molecular formula is C16H13NO4. The minimum Gasteiger partial charge on any atom is -0.478 e. The van der Waals surface area contributed by atoms with Gasteiger partial charge in [0.25, 0.3) is 0 Å². The van der Waals surface area contributed by atoms with Gasteiger partial charge in [-0.25, -0.2) is 4.79 Å². The summed E-state index contributed by atoms with van der Waals surface area (Å²) < 4.78 is 0. The minimum atomic E-state index is -1.03. The molecule has 0 spiro atoms. The molecule has 2 bridgehead atoms. The first-order valence-corrected chi connectivity index (χ1v) is 6.97. The number of benzene rings is 1. The van der Waals surface area contributed by atoms with Crippen LogP contribution in [0.15, 0.2) is 36.4 Å². The van der Waals surface area contributed by atoms with Crippen molar-refractivity contribution < 1.29 is 19.5 Å². The summed E-state index contributed by atoms with van der Waals surface area (Å²) >= 11 is 0. The first-order valence-electron chi connectivity index (χ1n) is 6.97. The second-order valence-corrected chi connectivity index (χ2v) is 5.86. The molecule has 4 atom stereocenters. The van der Waals surface area contributed by atoms with Crippen LogP contribution in [0.4, 0.5) is 5.69 Å². The Labute approximate surface area is 120 Å². The van der Waals surface area contributed by atoms with E-state index in [2.05, 4.69) is 0 Å². The van der Waals surface area contributed by atoms with Crippen LogP contribution in [0.5, 0.6) is 0 Å². The largest absolute Gasteiger partial charge is 0.478 e. The van der Waals surface area contributed by atoms with Gasteiger partial charge >= 0.3 is 5.97 Å². The fourth-order valence-corrected chi connectivity index (χ4v) is 3.91. The second-order valence-electron chi connectivity index (χ2n) is 5.86. The molecule has 3 aliphatic rings. The lowest BCUT2D eigenvalue weighted by molar-refractivity contribution is -0.123. The number of aromatic carboxylic acids is 1. The molecule has 1 saturated carbocycles. The SMILES string of the molecule is O=C(O)c1ccc(N2C(=O)C3C4C=CC(C4)C3C2=O)cc1. The Bertz CT molecular complexity index is 661. The lowest BCUT2D eigenvalue weighted by atomic mass is 9.85. The molecule has 1 N–H and O–H groups in total. The van der Waals surface area contributed by atoms with Gasteiger partial charge in [-0.1, -0.05) is 12.2 Å². The Morgan fingerprint density at radius 1 is 1.00 bits per heavy atom. The third-order valence-electron chi connectivity index (χ3n) is 4.84. The average molecular weight is 283 g/mol. The number of carboxylic acid groups (broad SMARTS) is 1. The highest BCUT2D eigenvalue weighted by molar-refractivity contribution is 6.22. The lowest BCUT2D eigenvalue weighted by Gasteiger charge is -2.17. The van der Waals surface area contributed by atoms with Gasteiger partial charge in [-0.2, -0.15) is 0 Å². The van der Waals surface area contributed by atoms with Crippen LogP contribution in [0.2, 0.25) is 0 Å². The number of rotatable bonds is 2. The van der Waals surface area contributed by atoms with E-state index in [4.69, 9.17) is 5.11 Å². The van der Waals surface area contributed by atoms with Crippen LogP contribution in [0, 0.1) is 23.7 Å². The number of fused-ring (bicyclic) bond motifs is 5. The predicted octanol–water partition coefficient (Wildman–Crippen LogP) is 1.70. The van der Waals surface area contributed by atoms with E-state index in [-0.39, 0.29) is 41.0 Å². The number of hydrogen-bond acceptors (Lipinski definition) is 3. The fourth-order valence-electron chi connectivity index (χ4n) is 3.91. The summed E-state index contributed by atoms with van der Waals surface area (Å²) in [4.78, 5) is 37.2. The van der Waals surface area contributed by atoms with Crippen molar-refractivity contribution in [2.75, 3.05) is 4.90 Å². The van der Waals surface area contributed by atoms with Gasteiger partial charge in [0.15, 0.2) is 0 Å². The Hall–Kier alpha value is -2.43. The molecule has 2 aliphatic carbocycles. The van der Waals surface area contributed by atoms with E-state index in [0.717, 1.165) is 6.42 Å². The molecular weight excluding hydrogens is 270 g/mol. The topological polar surface area (TPSA) is 74.7 Å². The van der Waals surface area contributed by atoms with Gasteiger partial charge in [-0.15, -0.1) is 0 Å². The number of allylic oxidation sites excluding steroid dienone is 2. The number of nitrogens with zero attached hydrogens (tertiary/aromatic N) is 1. The standard InChI is InChI=1S/C16H13NO4/c18-14-12-9-1-2-10(7-9)13(12)15(19)17(14)11-5-3-8(4-6-11)16(20)21/h1-6,9-10,12-13H,7H2,(H,20,21). The number of anilines is 1. The molecule has 106 valence electrons. The van der Waals surface area contributed by atoms with Crippen molar-refractivity contribution in [2.24, 2.45) is 23.7 Å². The summed E-state index contributed by atoms with van der Waals surface area (Å²) in [6.07, 6.45) is 5.00. The molecule has 5 nitrogen and oxygen atoms in total. The number of amides is 2. The first kappa shape index (κ1) is 12.3. The quantitative estimate of drug-likeness (QED) is 0.662. The van der Waals surface area contributed by atoms with Crippen molar-refractivity contribution in [1.29, 1.82) is 0 Å². The molecule has 1 aromatic carbocycles. The number of imide groups is 1. The predicted molar refractivity (Wildman–Crippen MR) is 73.6 cm³/mol. The Kier molecular flexibility index (Phi) is 2.37. The van der Waals surface area contributed by atoms with Crippen LogP contribution in [-0.4, -0.2) is 22.9 Å². The zero-order valence-electron chi connectivity index (χ0n) is 11.1. The zero-order chi connectivity index (χ0) is 14.7. The summed E-state index contributed by atoms with van der Waals surface area (Å²) in [7, 11) is 0. The van der Waals surface area contributed by atoms with E-state index in [0.29, 0.717) is 5.69 Å². The molecule has 0 radical (unpaired) electrons. The Morgan fingerprint density at radius 3 is 2.00 bits per heavy atom. The van der Waals surface area contributed by atoms with E-state index in [1.807, 2.05) is 12.2 Å². The van der Waals surface area contributed by atoms with E-state index in [1.165, 1.54) is 29.2 Å². The molecule has 4 unspecified atom stereocenters. The zero-order valence-corrected chi connectivity index (χ0v) is 11.1. The fraction of sp³-hybridized carbons (Fsp3) is 0.312. The van der Waals surface area contributed by atoms with Gasteiger partial charge < -0.3 is 5.11 Å². The minimum absolute atomic E-state index is 0.139. The number of carbonyl (C=O) groups excluding carboxylic acids is 2. The van der Waals surface area contributed by atoms with Crippen LogP contribution >= 0.6 is 0 Å². The third-order valence-corrected chi connectivity index (χ3v) is 4.84. The summed E-state index contributed by atoms with van der Waals surface area (Å²) in [5.74, 6) is -1.42. The maximum atomic E-state index is 12.6. The van der Waals surface area contributed by atoms with Crippen molar-refractivity contribution >= 4 is 23.5 Å². The number of carbonyl (C=O) groups is 3. The molecule has 2 amide bonds. The van der Waals surface area contributed by atoms with Gasteiger partial charge in [0.2, 0.25) is 11.8 Å². The van der Waals surface area contributed by atoms with Crippen molar-refractivity contribution in [3.63, 3.8) is 0 Å². The molecule has 4 rings (SSSR count). The average Bonchev–Trinajstić information content (AvgIpc) is 3.13. The Balaban J connectivity index is 1.69. The summed E-state index contributed by atoms with van der Waals surface area (Å²) in [6, 6.07) is 5.88. The van der Waals surface area contributed by atoms with Crippen molar-refractivity contribution in [2.45, 2.75) is 6.42 Å². The van der Waals surface area contributed by atoms with Gasteiger partial charge in [0.1, 0.15) is 0 Å². The summed E-state index contributed by atoms with van der Waals surface area (Å²) in [5.41, 5.74) is 0.601. The van der Waals surface area contributed by atoms with Crippen LogP contribution < -0.4 is 4.90 Å². The van der Waals surface area contributed by atoms with E-state index < -0.39 is 5.97 Å². The van der Waals surface area contributed by atoms with Crippen LogP contribution in [-0.2, 0) is 9.59 Å². The molecule has 1 heterocycles.